The molecule has 23 heavy (non-hydrogen) atoms. The van der Waals surface area contributed by atoms with Crippen LogP contribution < -0.4 is 10.1 Å². The van der Waals surface area contributed by atoms with Gasteiger partial charge in [-0.15, -0.1) is 0 Å². The van der Waals surface area contributed by atoms with E-state index in [0.717, 1.165) is 28.0 Å². The third-order valence-electron chi connectivity index (χ3n) is 4.02. The van der Waals surface area contributed by atoms with Gasteiger partial charge in [0.1, 0.15) is 17.1 Å². The maximum absolute atomic E-state index is 11.4. The Morgan fingerprint density at radius 1 is 1.39 bits per heavy atom. The number of fused-ring (bicyclic) bond motifs is 1. The van der Waals surface area contributed by atoms with Crippen LogP contribution in [0.4, 0.5) is 0 Å². The Labute approximate surface area is 137 Å². The summed E-state index contributed by atoms with van der Waals surface area (Å²) in [7, 11) is 0.0629. The lowest BCUT2D eigenvalue weighted by molar-refractivity contribution is 0.413. The van der Waals surface area contributed by atoms with E-state index in [0.29, 0.717) is 13.1 Å². The van der Waals surface area contributed by atoms with Gasteiger partial charge in [0, 0.05) is 31.1 Å². The molecule has 1 atom stereocenters. The number of aryl methyl sites for hydroxylation is 1. The highest BCUT2D eigenvalue weighted by atomic mass is 32.2. The Balaban J connectivity index is 2.09. The predicted octanol–water partition coefficient (Wildman–Crippen LogP) is 2.29. The average molecular weight is 340 g/mol. The molecule has 1 aromatic heterocycles. The third kappa shape index (κ3) is 4.04. The van der Waals surface area contributed by atoms with Gasteiger partial charge in [0.05, 0.1) is 19.4 Å². The molecule has 2 aromatic rings. The van der Waals surface area contributed by atoms with E-state index in [-0.39, 0.29) is 6.04 Å². The molecule has 0 saturated carbocycles. The largest absolute Gasteiger partial charge is 0.497 e. The Morgan fingerprint density at radius 3 is 2.70 bits per heavy atom. The zero-order valence-electron chi connectivity index (χ0n) is 14.2. The van der Waals surface area contributed by atoms with Gasteiger partial charge < -0.3 is 14.5 Å². The Bertz CT molecular complexity index is 783. The fraction of sp³-hybridized carbons (Fsp3) is 0.500. The van der Waals surface area contributed by atoms with E-state index < -0.39 is 10.0 Å². The van der Waals surface area contributed by atoms with Crippen molar-refractivity contribution in [2.24, 2.45) is 0 Å². The highest BCUT2D eigenvalue weighted by Gasteiger charge is 2.17. The first-order valence-electron chi connectivity index (χ1n) is 7.45. The van der Waals surface area contributed by atoms with Gasteiger partial charge in [0.25, 0.3) is 0 Å². The predicted molar refractivity (Wildman–Crippen MR) is 91.4 cm³/mol. The van der Waals surface area contributed by atoms with Gasteiger partial charge in [0.15, 0.2) is 0 Å². The lowest BCUT2D eigenvalue weighted by atomic mass is 10.1. The van der Waals surface area contributed by atoms with Crippen LogP contribution in [0, 0.1) is 6.92 Å². The van der Waals surface area contributed by atoms with Crippen LogP contribution in [-0.2, 0) is 10.0 Å². The van der Waals surface area contributed by atoms with Crippen molar-refractivity contribution in [3.05, 3.63) is 29.5 Å². The van der Waals surface area contributed by atoms with Crippen LogP contribution in [0.15, 0.2) is 22.6 Å². The first-order chi connectivity index (χ1) is 10.7. The van der Waals surface area contributed by atoms with Crippen molar-refractivity contribution in [2.75, 3.05) is 33.5 Å². The van der Waals surface area contributed by atoms with E-state index in [4.69, 9.17) is 9.15 Å². The van der Waals surface area contributed by atoms with Gasteiger partial charge in [-0.2, -0.15) is 0 Å². The van der Waals surface area contributed by atoms with Crippen LogP contribution in [0.1, 0.15) is 24.3 Å². The molecular weight excluding hydrogens is 316 g/mol. The number of furan rings is 1. The lowest BCUT2D eigenvalue weighted by Crippen LogP contribution is -2.34. The van der Waals surface area contributed by atoms with E-state index in [1.54, 1.807) is 14.2 Å². The van der Waals surface area contributed by atoms with Gasteiger partial charge in [-0.05, 0) is 32.0 Å². The van der Waals surface area contributed by atoms with E-state index >= 15 is 0 Å². The third-order valence-corrected chi connectivity index (χ3v) is 5.33. The summed E-state index contributed by atoms with van der Waals surface area (Å²) in [5.74, 6) is 1.65. The number of methoxy groups -OCH3 is 1. The minimum atomic E-state index is -3.15. The van der Waals surface area contributed by atoms with Crippen molar-refractivity contribution in [3.8, 4) is 5.75 Å². The van der Waals surface area contributed by atoms with Gasteiger partial charge in [-0.25, -0.2) is 12.7 Å². The van der Waals surface area contributed by atoms with Crippen molar-refractivity contribution in [2.45, 2.75) is 19.9 Å². The Kier molecular flexibility index (Phi) is 5.33. The van der Waals surface area contributed by atoms with Gasteiger partial charge in [-0.3, -0.25) is 0 Å². The molecule has 0 radical (unpaired) electrons. The van der Waals surface area contributed by atoms with Crippen molar-refractivity contribution >= 4 is 21.0 Å². The minimum absolute atomic E-state index is 0.0126. The molecule has 0 unspecified atom stereocenters. The second-order valence-electron chi connectivity index (χ2n) is 5.71. The molecule has 0 amide bonds. The molecule has 0 saturated heterocycles. The molecule has 1 N–H and O–H groups in total. The topological polar surface area (TPSA) is 71.8 Å². The highest BCUT2D eigenvalue weighted by Crippen LogP contribution is 2.31. The standard InChI is InChI=1S/C16H24N2O4S/c1-11-14-10-13(21-4)6-7-15(14)22-16(11)12(2)17-8-9-18(3)23(5,19)20/h6-7,10,12,17H,8-9H2,1-5H3/t12-/m1/s1. The SMILES string of the molecule is COc1ccc2oc([C@@H](C)NCCN(C)S(C)(=O)=O)c(C)c2c1. The number of likely N-dealkylation sites (N-methyl/N-ethyl adjacent to an activating group) is 1. The number of nitrogens with zero attached hydrogens (tertiary/aromatic N) is 1. The molecule has 2 rings (SSSR count). The van der Waals surface area contributed by atoms with Crippen molar-refractivity contribution in [3.63, 3.8) is 0 Å². The monoisotopic (exact) mass is 340 g/mol. The van der Waals surface area contributed by atoms with Gasteiger partial charge >= 0.3 is 0 Å². The fourth-order valence-electron chi connectivity index (χ4n) is 2.46. The average Bonchev–Trinajstić information content (AvgIpc) is 2.82. The normalized spacial score (nSPS) is 13.7. The molecule has 0 aliphatic carbocycles. The summed E-state index contributed by atoms with van der Waals surface area (Å²) in [6.45, 7) is 4.98. The number of sulfonamides is 1. The first kappa shape index (κ1) is 17.8. The van der Waals surface area contributed by atoms with Crippen LogP contribution in [0.5, 0.6) is 5.75 Å². The van der Waals surface area contributed by atoms with Crippen LogP contribution in [0.3, 0.4) is 0 Å². The van der Waals surface area contributed by atoms with E-state index in [2.05, 4.69) is 5.32 Å². The van der Waals surface area contributed by atoms with Crippen molar-refractivity contribution in [1.82, 2.24) is 9.62 Å². The first-order valence-corrected chi connectivity index (χ1v) is 9.30. The summed E-state index contributed by atoms with van der Waals surface area (Å²) in [6.07, 6.45) is 1.20. The number of hydrogen-bond donors (Lipinski definition) is 1. The van der Waals surface area contributed by atoms with Crippen molar-refractivity contribution in [1.29, 1.82) is 0 Å². The molecule has 6 nitrogen and oxygen atoms in total. The van der Waals surface area contributed by atoms with Crippen LogP contribution in [-0.4, -0.2) is 46.2 Å². The second-order valence-corrected chi connectivity index (χ2v) is 7.80. The molecule has 0 bridgehead atoms. The molecule has 0 spiro atoms. The minimum Gasteiger partial charge on any atom is -0.497 e. The van der Waals surface area contributed by atoms with Gasteiger partial charge in [0.2, 0.25) is 10.0 Å². The fourth-order valence-corrected chi connectivity index (χ4v) is 2.88. The molecule has 1 heterocycles. The lowest BCUT2D eigenvalue weighted by Gasteiger charge is -2.17. The molecule has 7 heteroatoms. The number of ether oxygens (including phenoxy) is 1. The number of benzene rings is 1. The zero-order chi connectivity index (χ0) is 17.2. The molecule has 0 aliphatic rings. The summed E-state index contributed by atoms with van der Waals surface area (Å²) >= 11 is 0. The Hall–Kier alpha value is -1.57. The quantitative estimate of drug-likeness (QED) is 0.837. The second kappa shape index (κ2) is 6.90. The molecule has 0 fully saturated rings. The van der Waals surface area contributed by atoms with E-state index in [1.165, 1.54) is 10.6 Å². The number of nitrogens with one attached hydrogen (secondary N) is 1. The zero-order valence-corrected chi connectivity index (χ0v) is 15.0. The van der Waals surface area contributed by atoms with E-state index in [9.17, 15) is 8.42 Å². The number of rotatable bonds is 7. The maximum Gasteiger partial charge on any atom is 0.210 e. The Morgan fingerprint density at radius 2 is 2.09 bits per heavy atom. The molecular formula is C16H24N2O4S. The molecule has 128 valence electrons. The highest BCUT2D eigenvalue weighted by molar-refractivity contribution is 7.88. The summed E-state index contributed by atoms with van der Waals surface area (Å²) < 4.78 is 35.3. The summed E-state index contributed by atoms with van der Waals surface area (Å²) in [5, 5.41) is 4.33. The van der Waals surface area contributed by atoms with Gasteiger partial charge in [-0.1, -0.05) is 0 Å². The smallest absolute Gasteiger partial charge is 0.210 e. The summed E-state index contributed by atoms with van der Waals surface area (Å²) in [5.41, 5.74) is 1.88. The maximum atomic E-state index is 11.4. The van der Waals surface area contributed by atoms with Crippen LogP contribution in [0.2, 0.25) is 0 Å². The van der Waals surface area contributed by atoms with E-state index in [1.807, 2.05) is 32.0 Å². The molecule has 0 aliphatic heterocycles. The van der Waals surface area contributed by atoms with Crippen molar-refractivity contribution < 1.29 is 17.6 Å². The summed E-state index contributed by atoms with van der Waals surface area (Å²) in [6, 6.07) is 5.71. The van der Waals surface area contributed by atoms with Crippen LogP contribution >= 0.6 is 0 Å². The summed E-state index contributed by atoms with van der Waals surface area (Å²) in [4.78, 5) is 0. The van der Waals surface area contributed by atoms with Crippen LogP contribution in [0.25, 0.3) is 11.0 Å². The molecule has 1 aromatic carbocycles. The number of hydrogen-bond acceptors (Lipinski definition) is 5.